The molecule has 0 unspecified atom stereocenters. The highest BCUT2D eigenvalue weighted by atomic mass is 79.9. The van der Waals surface area contributed by atoms with Crippen molar-refractivity contribution in [3.05, 3.63) is 28.2 Å². The van der Waals surface area contributed by atoms with Crippen LogP contribution in [0, 0.1) is 0 Å². The third-order valence-corrected chi connectivity index (χ3v) is 3.73. The van der Waals surface area contributed by atoms with Gasteiger partial charge in [0.2, 0.25) is 0 Å². The first kappa shape index (κ1) is 12.0. The lowest BCUT2D eigenvalue weighted by Gasteiger charge is -2.10. The van der Waals surface area contributed by atoms with Crippen LogP contribution < -0.4 is 0 Å². The molecule has 0 atom stereocenters. The van der Waals surface area contributed by atoms with Crippen LogP contribution in [0.15, 0.2) is 27.6 Å². The van der Waals surface area contributed by atoms with E-state index in [1.165, 1.54) is 6.07 Å². The summed E-state index contributed by atoms with van der Waals surface area (Å²) >= 11 is 3.21. The first-order valence-corrected chi connectivity index (χ1v) is 7.16. The molecule has 1 aromatic rings. The SMILES string of the molecule is CC(C)c1ccc(Br)cc1S(=O)(=O)Cl. The summed E-state index contributed by atoms with van der Waals surface area (Å²) in [4.78, 5) is 0.184. The van der Waals surface area contributed by atoms with Gasteiger partial charge in [-0.2, -0.15) is 0 Å². The molecule has 1 aromatic carbocycles. The second kappa shape index (κ2) is 4.21. The topological polar surface area (TPSA) is 34.1 Å². The van der Waals surface area contributed by atoms with Crippen LogP contribution in [0.3, 0.4) is 0 Å². The molecule has 0 fully saturated rings. The van der Waals surface area contributed by atoms with Gasteiger partial charge in [-0.1, -0.05) is 35.8 Å². The van der Waals surface area contributed by atoms with E-state index in [0.29, 0.717) is 4.47 Å². The molecule has 0 saturated heterocycles. The highest BCUT2D eigenvalue weighted by Crippen LogP contribution is 2.29. The summed E-state index contributed by atoms with van der Waals surface area (Å²) in [5.41, 5.74) is 0.739. The molecular formula is C9H10BrClO2S. The number of benzene rings is 1. The van der Waals surface area contributed by atoms with E-state index in [1.807, 2.05) is 13.8 Å². The molecular weight excluding hydrogens is 288 g/mol. The van der Waals surface area contributed by atoms with E-state index in [9.17, 15) is 8.42 Å². The summed E-state index contributed by atoms with van der Waals surface area (Å²) in [7, 11) is 1.67. The predicted molar refractivity (Wildman–Crippen MR) is 61.3 cm³/mol. The van der Waals surface area contributed by atoms with Crippen molar-refractivity contribution in [1.82, 2.24) is 0 Å². The maximum Gasteiger partial charge on any atom is 0.261 e. The summed E-state index contributed by atoms with van der Waals surface area (Å²) in [6.07, 6.45) is 0. The normalized spacial score (nSPS) is 12.1. The molecule has 0 amide bonds. The lowest BCUT2D eigenvalue weighted by atomic mass is 10.0. The summed E-state index contributed by atoms with van der Waals surface area (Å²) in [6, 6.07) is 5.10. The average Bonchev–Trinajstić information content (AvgIpc) is 2.01. The first-order valence-electron chi connectivity index (χ1n) is 4.06. The van der Waals surface area contributed by atoms with E-state index in [1.54, 1.807) is 12.1 Å². The van der Waals surface area contributed by atoms with E-state index >= 15 is 0 Å². The minimum Gasteiger partial charge on any atom is -0.207 e. The highest BCUT2D eigenvalue weighted by molar-refractivity contribution is 9.10. The smallest absolute Gasteiger partial charge is 0.207 e. The fourth-order valence-corrected chi connectivity index (χ4v) is 2.96. The molecule has 0 spiro atoms. The summed E-state index contributed by atoms with van der Waals surface area (Å²) < 4.78 is 23.2. The van der Waals surface area contributed by atoms with Crippen molar-refractivity contribution >= 4 is 35.7 Å². The minimum atomic E-state index is -3.66. The zero-order chi connectivity index (χ0) is 10.9. The second-order valence-corrected chi connectivity index (χ2v) is 6.72. The van der Waals surface area contributed by atoms with Gasteiger partial charge in [0, 0.05) is 15.2 Å². The van der Waals surface area contributed by atoms with Crippen molar-refractivity contribution in [3.8, 4) is 0 Å². The molecule has 1 rings (SSSR count). The molecule has 0 aromatic heterocycles. The molecule has 0 radical (unpaired) electrons. The fourth-order valence-electron chi connectivity index (χ4n) is 1.20. The van der Waals surface area contributed by atoms with Crippen LogP contribution in [0.25, 0.3) is 0 Å². The Morgan fingerprint density at radius 3 is 2.36 bits per heavy atom. The Morgan fingerprint density at radius 1 is 1.36 bits per heavy atom. The molecule has 14 heavy (non-hydrogen) atoms. The van der Waals surface area contributed by atoms with Gasteiger partial charge in [0.1, 0.15) is 0 Å². The lowest BCUT2D eigenvalue weighted by Crippen LogP contribution is -1.99. The average molecular weight is 298 g/mol. The third-order valence-electron chi connectivity index (χ3n) is 1.86. The van der Waals surface area contributed by atoms with Gasteiger partial charge in [0.25, 0.3) is 9.05 Å². The number of rotatable bonds is 2. The van der Waals surface area contributed by atoms with E-state index in [0.717, 1.165) is 5.56 Å². The zero-order valence-corrected chi connectivity index (χ0v) is 10.9. The molecule has 0 saturated carbocycles. The maximum absolute atomic E-state index is 11.3. The van der Waals surface area contributed by atoms with E-state index < -0.39 is 9.05 Å². The van der Waals surface area contributed by atoms with E-state index in [4.69, 9.17) is 10.7 Å². The highest BCUT2D eigenvalue weighted by Gasteiger charge is 2.17. The summed E-state index contributed by atoms with van der Waals surface area (Å²) in [6.45, 7) is 3.85. The number of hydrogen-bond acceptors (Lipinski definition) is 2. The van der Waals surface area contributed by atoms with Crippen molar-refractivity contribution in [2.24, 2.45) is 0 Å². The van der Waals surface area contributed by atoms with Gasteiger partial charge in [-0.05, 0) is 23.6 Å². The van der Waals surface area contributed by atoms with Gasteiger partial charge in [0.05, 0.1) is 4.90 Å². The van der Waals surface area contributed by atoms with Gasteiger partial charge in [-0.15, -0.1) is 0 Å². The van der Waals surface area contributed by atoms with Gasteiger partial charge in [0.15, 0.2) is 0 Å². The van der Waals surface area contributed by atoms with Crippen molar-refractivity contribution in [2.45, 2.75) is 24.7 Å². The zero-order valence-electron chi connectivity index (χ0n) is 7.79. The summed E-state index contributed by atoms with van der Waals surface area (Å²) in [5, 5.41) is 0. The van der Waals surface area contributed by atoms with Crippen molar-refractivity contribution in [3.63, 3.8) is 0 Å². The Hall–Kier alpha value is -0.0600. The molecule has 0 bridgehead atoms. The van der Waals surface area contributed by atoms with Crippen LogP contribution in [-0.4, -0.2) is 8.42 Å². The lowest BCUT2D eigenvalue weighted by molar-refractivity contribution is 0.607. The predicted octanol–water partition coefficient (Wildman–Crippen LogP) is 3.50. The molecule has 78 valence electrons. The van der Waals surface area contributed by atoms with Gasteiger partial charge in [-0.25, -0.2) is 8.42 Å². The molecule has 0 aliphatic heterocycles. The molecule has 0 aliphatic rings. The molecule has 0 aliphatic carbocycles. The monoisotopic (exact) mass is 296 g/mol. The minimum absolute atomic E-state index is 0.131. The van der Waals surface area contributed by atoms with Gasteiger partial charge in [-0.3, -0.25) is 0 Å². The third kappa shape index (κ3) is 2.72. The molecule has 2 nitrogen and oxygen atoms in total. The van der Waals surface area contributed by atoms with Crippen LogP contribution in [0.4, 0.5) is 0 Å². The van der Waals surface area contributed by atoms with Crippen molar-refractivity contribution < 1.29 is 8.42 Å². The Balaban J connectivity index is 3.46. The molecule has 0 heterocycles. The van der Waals surface area contributed by atoms with Crippen LogP contribution in [0.5, 0.6) is 0 Å². The van der Waals surface area contributed by atoms with Crippen molar-refractivity contribution in [2.75, 3.05) is 0 Å². The standard InChI is InChI=1S/C9H10BrClO2S/c1-6(2)8-4-3-7(10)5-9(8)14(11,12)13/h3-6H,1-2H3. The molecule has 0 N–H and O–H groups in total. The van der Waals surface area contributed by atoms with E-state index in [-0.39, 0.29) is 10.8 Å². The Kier molecular flexibility index (Phi) is 3.61. The fraction of sp³-hybridized carbons (Fsp3) is 0.333. The van der Waals surface area contributed by atoms with Crippen molar-refractivity contribution in [1.29, 1.82) is 0 Å². The van der Waals surface area contributed by atoms with Crippen LogP contribution in [0.2, 0.25) is 0 Å². The Labute approximate surface area is 96.8 Å². The second-order valence-electron chi connectivity index (χ2n) is 3.27. The number of halogens is 2. The summed E-state index contributed by atoms with van der Waals surface area (Å²) in [5.74, 6) is 0.131. The molecule has 5 heteroatoms. The van der Waals surface area contributed by atoms with Gasteiger partial charge >= 0.3 is 0 Å². The quantitative estimate of drug-likeness (QED) is 0.783. The maximum atomic E-state index is 11.3. The number of hydrogen-bond donors (Lipinski definition) is 0. The Morgan fingerprint density at radius 2 is 1.93 bits per heavy atom. The van der Waals surface area contributed by atoms with Crippen LogP contribution >= 0.6 is 26.6 Å². The Bertz CT molecular complexity index is 440. The van der Waals surface area contributed by atoms with E-state index in [2.05, 4.69) is 15.9 Å². The van der Waals surface area contributed by atoms with Crippen LogP contribution in [-0.2, 0) is 9.05 Å². The van der Waals surface area contributed by atoms with Gasteiger partial charge < -0.3 is 0 Å². The largest absolute Gasteiger partial charge is 0.261 e. The first-order chi connectivity index (χ1) is 6.32. The van der Waals surface area contributed by atoms with Crippen LogP contribution in [0.1, 0.15) is 25.3 Å².